The van der Waals surface area contributed by atoms with Crippen molar-refractivity contribution < 1.29 is 4.39 Å². The summed E-state index contributed by atoms with van der Waals surface area (Å²) in [4.78, 5) is 0. The first-order valence-electron chi connectivity index (χ1n) is 11.6. The second kappa shape index (κ2) is 11.0. The maximum atomic E-state index is 12.2. The van der Waals surface area contributed by atoms with Gasteiger partial charge in [0, 0.05) is 0 Å². The second-order valence-electron chi connectivity index (χ2n) is 9.27. The molecule has 1 aromatic carbocycles. The molecule has 0 aromatic heterocycles. The molecule has 2 aliphatic rings. The van der Waals surface area contributed by atoms with E-state index < -0.39 is 0 Å². The van der Waals surface area contributed by atoms with Gasteiger partial charge in [-0.15, -0.1) is 0 Å². The average molecular weight is 371 g/mol. The molecule has 2 fully saturated rings. The van der Waals surface area contributed by atoms with Crippen LogP contribution in [0.2, 0.25) is 0 Å². The van der Waals surface area contributed by atoms with E-state index in [4.69, 9.17) is 0 Å². The van der Waals surface area contributed by atoms with Crippen molar-refractivity contribution in [2.45, 2.75) is 96.3 Å². The quantitative estimate of drug-likeness (QED) is 0.431. The Hall–Kier alpha value is -1.11. The molecule has 27 heavy (non-hydrogen) atoms. The van der Waals surface area contributed by atoms with Crippen LogP contribution in [-0.4, -0.2) is 0 Å². The van der Waals surface area contributed by atoms with Gasteiger partial charge in [0.1, 0.15) is 0 Å². The minimum absolute atomic E-state index is 0.724. The van der Waals surface area contributed by atoms with E-state index >= 15 is 0 Å². The van der Waals surface area contributed by atoms with Gasteiger partial charge in [0.05, 0.1) is 6.33 Å². The van der Waals surface area contributed by atoms with Crippen molar-refractivity contribution in [3.63, 3.8) is 0 Å². The highest BCUT2D eigenvalue weighted by molar-refractivity contribution is 5.25. The van der Waals surface area contributed by atoms with Crippen LogP contribution >= 0.6 is 0 Å². The Labute approximate surface area is 166 Å². The summed E-state index contributed by atoms with van der Waals surface area (Å²) in [7, 11) is 0. The lowest BCUT2D eigenvalue weighted by Gasteiger charge is -2.32. The summed E-state index contributed by atoms with van der Waals surface area (Å²) in [5.41, 5.74) is 3.07. The highest BCUT2D eigenvalue weighted by Crippen LogP contribution is 2.40. The average Bonchev–Trinajstić information content (AvgIpc) is 2.73. The van der Waals surface area contributed by atoms with E-state index in [9.17, 15) is 4.39 Å². The molecule has 0 atom stereocenters. The molecule has 1 aromatic rings. The lowest BCUT2D eigenvalue weighted by atomic mass is 9.74. The van der Waals surface area contributed by atoms with E-state index in [1.165, 1.54) is 82.6 Å². The molecular weight excluding hydrogens is 331 g/mol. The molecule has 1 heteroatoms. The van der Waals surface area contributed by atoms with Crippen molar-refractivity contribution in [2.75, 3.05) is 0 Å². The summed E-state index contributed by atoms with van der Waals surface area (Å²) in [6.07, 6.45) is 19.7. The minimum atomic E-state index is 0.724. The van der Waals surface area contributed by atoms with Gasteiger partial charge < -0.3 is 0 Å². The van der Waals surface area contributed by atoms with Crippen LogP contribution in [0.5, 0.6) is 0 Å². The molecule has 3 rings (SSSR count). The number of rotatable bonds is 8. The summed E-state index contributed by atoms with van der Waals surface area (Å²) >= 11 is 0. The lowest BCUT2D eigenvalue weighted by Crippen LogP contribution is -2.17. The van der Waals surface area contributed by atoms with E-state index in [0.717, 1.165) is 36.4 Å². The Morgan fingerprint density at radius 1 is 0.815 bits per heavy atom. The molecule has 0 nitrogen and oxygen atoms in total. The SMILES string of the molecule is CCCc1ccc(C2CCC(CCC3CCC(C/C=C/F)CC3)CC2)cc1. The van der Waals surface area contributed by atoms with Crippen molar-refractivity contribution in [3.8, 4) is 0 Å². The van der Waals surface area contributed by atoms with Gasteiger partial charge in [-0.25, -0.2) is 4.39 Å². The Balaban J connectivity index is 1.34. The number of hydrogen-bond donors (Lipinski definition) is 0. The Bertz CT molecular complexity index is 542. The van der Waals surface area contributed by atoms with Crippen LogP contribution in [0.1, 0.15) is 101 Å². The highest BCUT2D eigenvalue weighted by atomic mass is 19.1. The maximum absolute atomic E-state index is 12.2. The van der Waals surface area contributed by atoms with Gasteiger partial charge in [-0.1, -0.05) is 69.4 Å². The molecule has 0 amide bonds. The van der Waals surface area contributed by atoms with Crippen LogP contribution in [0.3, 0.4) is 0 Å². The van der Waals surface area contributed by atoms with Crippen LogP contribution in [0.4, 0.5) is 4.39 Å². The zero-order valence-corrected chi connectivity index (χ0v) is 17.3. The zero-order valence-electron chi connectivity index (χ0n) is 17.3. The zero-order chi connectivity index (χ0) is 18.9. The molecule has 0 aliphatic heterocycles. The van der Waals surface area contributed by atoms with Crippen LogP contribution in [0, 0.1) is 17.8 Å². The molecule has 0 bridgehead atoms. The van der Waals surface area contributed by atoms with Gasteiger partial charge in [0.25, 0.3) is 0 Å². The number of hydrogen-bond acceptors (Lipinski definition) is 0. The summed E-state index contributed by atoms with van der Waals surface area (Å²) < 4.78 is 12.2. The van der Waals surface area contributed by atoms with Crippen molar-refractivity contribution in [3.05, 3.63) is 47.8 Å². The molecule has 150 valence electrons. The second-order valence-corrected chi connectivity index (χ2v) is 9.27. The van der Waals surface area contributed by atoms with Crippen LogP contribution in [0.25, 0.3) is 0 Å². The number of benzene rings is 1. The van der Waals surface area contributed by atoms with E-state index in [1.807, 2.05) is 0 Å². The monoisotopic (exact) mass is 370 g/mol. The van der Waals surface area contributed by atoms with Gasteiger partial charge in [0.2, 0.25) is 0 Å². The first-order valence-corrected chi connectivity index (χ1v) is 11.6. The van der Waals surface area contributed by atoms with Gasteiger partial charge in [-0.3, -0.25) is 0 Å². The summed E-state index contributed by atoms with van der Waals surface area (Å²) in [5, 5.41) is 0. The molecular formula is C26H39F. The summed E-state index contributed by atoms with van der Waals surface area (Å²) in [5.74, 6) is 3.45. The van der Waals surface area contributed by atoms with E-state index in [0.29, 0.717) is 0 Å². The predicted octanol–water partition coefficient (Wildman–Crippen LogP) is 8.37. The van der Waals surface area contributed by atoms with Crippen molar-refractivity contribution >= 4 is 0 Å². The maximum Gasteiger partial charge on any atom is 0.0827 e. The number of allylic oxidation sites excluding steroid dienone is 1. The Morgan fingerprint density at radius 2 is 1.37 bits per heavy atom. The van der Waals surface area contributed by atoms with Gasteiger partial charge in [-0.05, 0) is 86.2 Å². The topological polar surface area (TPSA) is 0 Å². The van der Waals surface area contributed by atoms with E-state index in [1.54, 1.807) is 11.6 Å². The largest absolute Gasteiger partial charge is 0.216 e. The molecule has 0 spiro atoms. The van der Waals surface area contributed by atoms with Gasteiger partial charge >= 0.3 is 0 Å². The minimum Gasteiger partial charge on any atom is -0.216 e. The van der Waals surface area contributed by atoms with Crippen LogP contribution < -0.4 is 0 Å². The molecule has 2 aliphatic carbocycles. The number of aryl methyl sites for hydroxylation is 1. The standard InChI is InChI=1S/C26H39F/c1-2-4-21-12-16-25(17-13-21)26-18-14-24(15-19-26)11-10-23-8-6-22(7-9-23)5-3-20-27/h3,12-13,16-17,20,22-24,26H,2,4-11,14-15,18-19H2,1H3/b20-3+. The molecule has 2 saturated carbocycles. The van der Waals surface area contributed by atoms with Crippen LogP contribution in [-0.2, 0) is 6.42 Å². The molecule has 0 N–H and O–H groups in total. The van der Waals surface area contributed by atoms with Gasteiger partial charge in [0.15, 0.2) is 0 Å². The van der Waals surface area contributed by atoms with E-state index in [-0.39, 0.29) is 0 Å². The van der Waals surface area contributed by atoms with Crippen molar-refractivity contribution in [1.29, 1.82) is 0 Å². The Morgan fingerprint density at radius 3 is 1.93 bits per heavy atom. The normalized spacial score (nSPS) is 29.3. The summed E-state index contributed by atoms with van der Waals surface area (Å²) in [6.45, 7) is 2.25. The third-order valence-electron chi connectivity index (χ3n) is 7.34. The third kappa shape index (κ3) is 6.47. The Kier molecular flexibility index (Phi) is 8.42. The summed E-state index contributed by atoms with van der Waals surface area (Å²) in [6, 6.07) is 9.49. The fourth-order valence-electron chi connectivity index (χ4n) is 5.50. The number of halogens is 1. The molecule has 0 radical (unpaired) electrons. The van der Waals surface area contributed by atoms with Crippen molar-refractivity contribution in [1.82, 2.24) is 0 Å². The first kappa shape index (κ1) is 20.6. The highest BCUT2D eigenvalue weighted by Gasteiger charge is 2.25. The van der Waals surface area contributed by atoms with E-state index in [2.05, 4.69) is 31.2 Å². The molecule has 0 saturated heterocycles. The fourth-order valence-corrected chi connectivity index (χ4v) is 5.50. The third-order valence-corrected chi connectivity index (χ3v) is 7.34. The fraction of sp³-hybridized carbons (Fsp3) is 0.692. The predicted molar refractivity (Wildman–Crippen MR) is 115 cm³/mol. The van der Waals surface area contributed by atoms with Gasteiger partial charge in [-0.2, -0.15) is 0 Å². The lowest BCUT2D eigenvalue weighted by molar-refractivity contribution is 0.231. The smallest absolute Gasteiger partial charge is 0.0827 e. The van der Waals surface area contributed by atoms with Crippen molar-refractivity contribution in [2.24, 2.45) is 17.8 Å². The first-order chi connectivity index (χ1) is 13.3. The molecule has 0 heterocycles. The molecule has 0 unspecified atom stereocenters. The van der Waals surface area contributed by atoms with Crippen LogP contribution in [0.15, 0.2) is 36.7 Å².